The number of aromatic hydroxyl groups is 1. The molecule has 0 spiro atoms. The third-order valence-electron chi connectivity index (χ3n) is 4.71. The van der Waals surface area contributed by atoms with E-state index in [1.807, 2.05) is 13.0 Å². The van der Waals surface area contributed by atoms with Crippen molar-refractivity contribution in [3.63, 3.8) is 0 Å². The van der Waals surface area contributed by atoms with E-state index in [9.17, 15) is 14.7 Å². The van der Waals surface area contributed by atoms with Crippen LogP contribution >= 0.6 is 15.9 Å². The Kier molecular flexibility index (Phi) is 6.53. The smallest absolute Gasteiger partial charge is 0.262 e. The lowest BCUT2D eigenvalue weighted by Gasteiger charge is -2.15. The average molecular weight is 470 g/mol. The van der Waals surface area contributed by atoms with E-state index in [2.05, 4.69) is 20.9 Å². The maximum Gasteiger partial charge on any atom is 0.262 e. The van der Waals surface area contributed by atoms with E-state index in [-0.39, 0.29) is 35.7 Å². The molecule has 8 heteroatoms. The number of phenols is 1. The number of pyridine rings is 1. The number of rotatable bonds is 7. The number of carbonyl (C=O) groups is 1. The Balaban J connectivity index is 1.97. The van der Waals surface area contributed by atoms with Crippen molar-refractivity contribution in [1.29, 1.82) is 5.26 Å². The highest BCUT2D eigenvalue weighted by molar-refractivity contribution is 9.10. The van der Waals surface area contributed by atoms with Crippen LogP contribution in [-0.4, -0.2) is 20.3 Å². The fourth-order valence-electron chi connectivity index (χ4n) is 3.17. The van der Waals surface area contributed by atoms with Gasteiger partial charge in [-0.05, 0) is 31.5 Å². The van der Waals surface area contributed by atoms with E-state index in [1.54, 1.807) is 24.4 Å². The summed E-state index contributed by atoms with van der Waals surface area (Å²) in [5.74, 6) is 0.213. The monoisotopic (exact) mass is 469 g/mol. The average Bonchev–Trinajstić information content (AvgIpc) is 2.71. The summed E-state index contributed by atoms with van der Waals surface area (Å²) in [5.41, 5.74) is 2.01. The number of nitriles is 1. The summed E-state index contributed by atoms with van der Waals surface area (Å²) in [4.78, 5) is 28.5. The van der Waals surface area contributed by atoms with Crippen LogP contribution in [0.25, 0.3) is 5.65 Å². The summed E-state index contributed by atoms with van der Waals surface area (Å²) in [7, 11) is 0. The Hall–Kier alpha value is -3.18. The molecule has 0 bridgehead atoms. The number of ether oxygens (including phenoxy) is 1. The molecule has 2 aromatic heterocycles. The first-order chi connectivity index (χ1) is 14.4. The summed E-state index contributed by atoms with van der Waals surface area (Å²) >= 11 is 3.48. The normalized spacial score (nSPS) is 10.7. The van der Waals surface area contributed by atoms with Crippen molar-refractivity contribution in [2.75, 3.05) is 0 Å². The summed E-state index contributed by atoms with van der Waals surface area (Å²) in [6, 6.07) is 6.89. The van der Waals surface area contributed by atoms with Gasteiger partial charge in [-0.2, -0.15) is 5.26 Å². The number of halogens is 1. The molecule has 0 atom stereocenters. The number of carbonyl (C=O) groups excluding carboxylic acids is 1. The standard InChI is InChI=1S/C22H20BrN3O4/c1-3-4-17-19(6-5-16(13(2)27)21(17)28)30-12-15-11-26-20(9-18(15)23)25-10-14(7-8-24)22(26)29/h5-6,9-11,28H,3-4,7,12H2,1-2H3. The van der Waals surface area contributed by atoms with E-state index in [0.29, 0.717) is 39.0 Å². The van der Waals surface area contributed by atoms with Crippen LogP contribution in [-0.2, 0) is 19.4 Å². The molecule has 7 nitrogen and oxygen atoms in total. The summed E-state index contributed by atoms with van der Waals surface area (Å²) in [6.07, 6.45) is 4.35. The number of aromatic nitrogens is 2. The molecule has 2 heterocycles. The summed E-state index contributed by atoms with van der Waals surface area (Å²) < 4.78 is 8.05. The lowest BCUT2D eigenvalue weighted by Crippen LogP contribution is -2.20. The van der Waals surface area contributed by atoms with Crippen molar-refractivity contribution in [3.05, 3.63) is 67.7 Å². The number of Topliss-reactive ketones (excluding diaryl/α,β-unsaturated/α-hetero) is 1. The molecular formula is C22H20BrN3O4. The van der Waals surface area contributed by atoms with Crippen molar-refractivity contribution < 1.29 is 14.6 Å². The molecule has 0 unspecified atom stereocenters. The molecule has 0 aliphatic rings. The molecule has 30 heavy (non-hydrogen) atoms. The Bertz CT molecular complexity index is 1230. The predicted molar refractivity (Wildman–Crippen MR) is 115 cm³/mol. The second kappa shape index (κ2) is 9.09. The van der Waals surface area contributed by atoms with Crippen LogP contribution in [0, 0.1) is 11.3 Å². The Morgan fingerprint density at radius 3 is 2.80 bits per heavy atom. The Morgan fingerprint density at radius 2 is 2.13 bits per heavy atom. The number of hydrogen-bond donors (Lipinski definition) is 1. The second-order valence-corrected chi connectivity index (χ2v) is 7.69. The zero-order valence-corrected chi connectivity index (χ0v) is 18.2. The van der Waals surface area contributed by atoms with Crippen LogP contribution in [0.3, 0.4) is 0 Å². The van der Waals surface area contributed by atoms with Crippen molar-refractivity contribution in [1.82, 2.24) is 9.38 Å². The minimum absolute atomic E-state index is 0.0151. The van der Waals surface area contributed by atoms with Crippen molar-refractivity contribution in [2.24, 2.45) is 0 Å². The van der Waals surface area contributed by atoms with E-state index in [4.69, 9.17) is 10.00 Å². The molecule has 0 saturated heterocycles. The van der Waals surface area contributed by atoms with E-state index in [0.717, 1.165) is 6.42 Å². The van der Waals surface area contributed by atoms with Gasteiger partial charge in [0.25, 0.3) is 5.56 Å². The first-order valence-electron chi connectivity index (χ1n) is 9.41. The molecule has 0 aliphatic carbocycles. The topological polar surface area (TPSA) is 105 Å². The second-order valence-electron chi connectivity index (χ2n) is 6.83. The predicted octanol–water partition coefficient (Wildman–Crippen LogP) is 3.96. The molecule has 3 aromatic rings. The van der Waals surface area contributed by atoms with Crippen LogP contribution in [0.5, 0.6) is 11.5 Å². The maximum atomic E-state index is 12.6. The van der Waals surface area contributed by atoms with Gasteiger partial charge < -0.3 is 9.84 Å². The first-order valence-corrected chi connectivity index (χ1v) is 10.2. The summed E-state index contributed by atoms with van der Waals surface area (Å²) in [5, 5.41) is 19.4. The van der Waals surface area contributed by atoms with Gasteiger partial charge in [0, 0.05) is 28.0 Å². The molecule has 0 aliphatic heterocycles. The fraction of sp³-hybridized carbons (Fsp3) is 0.273. The molecule has 0 saturated carbocycles. The number of fused-ring (bicyclic) bond motifs is 1. The van der Waals surface area contributed by atoms with Crippen LogP contribution in [0.15, 0.2) is 39.9 Å². The zero-order chi connectivity index (χ0) is 21.8. The highest BCUT2D eigenvalue weighted by Gasteiger charge is 2.17. The van der Waals surface area contributed by atoms with E-state index in [1.165, 1.54) is 17.5 Å². The quantitative estimate of drug-likeness (QED) is 0.524. The molecule has 1 aromatic carbocycles. The van der Waals surface area contributed by atoms with Gasteiger partial charge >= 0.3 is 0 Å². The number of benzene rings is 1. The Morgan fingerprint density at radius 1 is 1.37 bits per heavy atom. The molecule has 1 N–H and O–H groups in total. The van der Waals surface area contributed by atoms with Gasteiger partial charge in [-0.1, -0.05) is 29.3 Å². The van der Waals surface area contributed by atoms with Crippen molar-refractivity contribution >= 4 is 27.4 Å². The number of hydrogen-bond acceptors (Lipinski definition) is 6. The van der Waals surface area contributed by atoms with Gasteiger partial charge in [-0.3, -0.25) is 14.0 Å². The van der Waals surface area contributed by atoms with Crippen molar-refractivity contribution in [2.45, 2.75) is 39.7 Å². The molecular weight excluding hydrogens is 450 g/mol. The van der Waals surface area contributed by atoms with Crippen molar-refractivity contribution in [3.8, 4) is 17.6 Å². The van der Waals surface area contributed by atoms with E-state index < -0.39 is 0 Å². The Labute approximate surface area is 181 Å². The highest BCUT2D eigenvalue weighted by atomic mass is 79.9. The van der Waals surface area contributed by atoms with Gasteiger partial charge in [-0.15, -0.1) is 0 Å². The number of nitrogens with zero attached hydrogens (tertiary/aromatic N) is 3. The lowest BCUT2D eigenvalue weighted by molar-refractivity contribution is 0.101. The first kappa shape index (κ1) is 21.5. The van der Waals surface area contributed by atoms with Gasteiger partial charge in [0.15, 0.2) is 5.78 Å². The minimum atomic E-state index is -0.301. The zero-order valence-electron chi connectivity index (χ0n) is 16.6. The van der Waals surface area contributed by atoms with Crippen LogP contribution in [0.4, 0.5) is 0 Å². The highest BCUT2D eigenvalue weighted by Crippen LogP contribution is 2.33. The molecule has 0 fully saturated rings. The SMILES string of the molecule is CCCc1c(OCc2cn3c(=O)c(CC#N)cnc3cc2Br)ccc(C(C)=O)c1O. The largest absolute Gasteiger partial charge is 0.507 e. The lowest BCUT2D eigenvalue weighted by atomic mass is 10.0. The van der Waals surface area contributed by atoms with Crippen LogP contribution < -0.4 is 10.3 Å². The van der Waals surface area contributed by atoms with Gasteiger partial charge in [-0.25, -0.2) is 4.98 Å². The van der Waals surface area contributed by atoms with Gasteiger partial charge in [0.2, 0.25) is 0 Å². The maximum absolute atomic E-state index is 12.6. The molecule has 3 rings (SSSR count). The van der Waals surface area contributed by atoms with Gasteiger partial charge in [0.05, 0.1) is 23.6 Å². The van der Waals surface area contributed by atoms with E-state index >= 15 is 0 Å². The molecule has 0 radical (unpaired) electrons. The molecule has 154 valence electrons. The van der Waals surface area contributed by atoms with Gasteiger partial charge in [0.1, 0.15) is 23.8 Å². The summed E-state index contributed by atoms with van der Waals surface area (Å²) in [6.45, 7) is 3.51. The third kappa shape index (κ3) is 4.21. The minimum Gasteiger partial charge on any atom is -0.507 e. The molecule has 0 amide bonds. The number of phenolic OH excluding ortho intramolecular Hbond substituents is 1. The fourth-order valence-corrected chi connectivity index (χ4v) is 3.59. The third-order valence-corrected chi connectivity index (χ3v) is 5.45. The number of ketones is 1. The van der Waals surface area contributed by atoms with Crippen LogP contribution in [0.1, 0.15) is 47.3 Å². The van der Waals surface area contributed by atoms with Crippen LogP contribution in [0.2, 0.25) is 0 Å².